The van der Waals surface area contributed by atoms with E-state index in [1.54, 1.807) is 0 Å². The molecule has 1 saturated carbocycles. The number of halogens is 1. The monoisotopic (exact) mass is 404 g/mol. The van der Waals surface area contributed by atoms with Gasteiger partial charge in [0.1, 0.15) is 0 Å². The number of likely N-dealkylation sites (tertiary alicyclic amines) is 1. The van der Waals surface area contributed by atoms with Crippen molar-refractivity contribution in [2.75, 3.05) is 33.2 Å². The molecule has 3 N–H and O–H groups in total. The lowest BCUT2D eigenvalue weighted by molar-refractivity contribution is -0.138. The fourth-order valence-electron chi connectivity index (χ4n) is 3.92. The average Bonchev–Trinajstić information content (AvgIpc) is 2.80. The molecule has 2 aliphatic rings. The molecule has 8 nitrogen and oxygen atoms in total. The van der Waals surface area contributed by atoms with Crippen LogP contribution in [0.15, 0.2) is 0 Å². The Morgan fingerprint density at radius 2 is 1.74 bits per heavy atom. The molecule has 1 aliphatic carbocycles. The Morgan fingerprint density at radius 1 is 1.04 bits per heavy atom. The maximum absolute atomic E-state index is 12.1. The maximum atomic E-state index is 12.1. The first-order chi connectivity index (χ1) is 12.4. The van der Waals surface area contributed by atoms with Gasteiger partial charge in [-0.1, -0.05) is 19.3 Å². The van der Waals surface area contributed by atoms with Crippen molar-refractivity contribution in [3.63, 3.8) is 0 Å². The van der Waals surface area contributed by atoms with Gasteiger partial charge in [-0.15, -0.1) is 12.4 Å². The van der Waals surface area contributed by atoms with Gasteiger partial charge in [-0.05, 0) is 45.7 Å². The molecule has 9 heteroatoms. The van der Waals surface area contributed by atoms with Gasteiger partial charge >= 0.3 is 12.0 Å². The summed E-state index contributed by atoms with van der Waals surface area (Å²) in [4.78, 5) is 38.8. The van der Waals surface area contributed by atoms with Crippen LogP contribution < -0.4 is 10.6 Å². The molecule has 27 heavy (non-hydrogen) atoms. The number of imide groups is 1. The van der Waals surface area contributed by atoms with E-state index in [2.05, 4.69) is 10.6 Å². The van der Waals surface area contributed by atoms with E-state index in [9.17, 15) is 14.4 Å². The van der Waals surface area contributed by atoms with E-state index >= 15 is 0 Å². The van der Waals surface area contributed by atoms with Crippen molar-refractivity contribution in [1.29, 1.82) is 0 Å². The van der Waals surface area contributed by atoms with E-state index in [4.69, 9.17) is 5.11 Å². The SMILES string of the molecule is CN(CC(=O)O)C1CCCN(CC(=O)NC(=O)NC2CCCCC2)CC1.Cl. The first-order valence-corrected chi connectivity index (χ1v) is 9.69. The average molecular weight is 405 g/mol. The third-order valence-electron chi connectivity index (χ3n) is 5.36. The molecule has 3 amide bonds. The molecule has 1 aliphatic heterocycles. The summed E-state index contributed by atoms with van der Waals surface area (Å²) in [5, 5.41) is 14.2. The van der Waals surface area contributed by atoms with Gasteiger partial charge in [0.05, 0.1) is 13.1 Å². The van der Waals surface area contributed by atoms with Crippen LogP contribution >= 0.6 is 12.4 Å². The number of carboxylic acids is 1. The van der Waals surface area contributed by atoms with Gasteiger partial charge < -0.3 is 10.4 Å². The molecule has 1 atom stereocenters. The van der Waals surface area contributed by atoms with Gasteiger partial charge in [0.15, 0.2) is 0 Å². The van der Waals surface area contributed by atoms with Crippen LogP contribution in [0.25, 0.3) is 0 Å². The molecule has 156 valence electrons. The summed E-state index contributed by atoms with van der Waals surface area (Å²) in [5.74, 6) is -1.10. The zero-order chi connectivity index (χ0) is 18.9. The summed E-state index contributed by atoms with van der Waals surface area (Å²) in [6.07, 6.45) is 8.11. The van der Waals surface area contributed by atoms with Crippen LogP contribution in [-0.2, 0) is 9.59 Å². The van der Waals surface area contributed by atoms with Gasteiger partial charge in [-0.2, -0.15) is 0 Å². The minimum Gasteiger partial charge on any atom is -0.480 e. The molecule has 0 aromatic carbocycles. The zero-order valence-corrected chi connectivity index (χ0v) is 16.9. The minimum absolute atomic E-state index is 0. The van der Waals surface area contributed by atoms with Gasteiger partial charge in [-0.25, -0.2) is 4.79 Å². The Morgan fingerprint density at radius 3 is 2.41 bits per heavy atom. The minimum atomic E-state index is -0.822. The van der Waals surface area contributed by atoms with E-state index < -0.39 is 12.0 Å². The summed E-state index contributed by atoms with van der Waals surface area (Å²) in [7, 11) is 1.83. The molecule has 2 rings (SSSR count). The van der Waals surface area contributed by atoms with Crippen LogP contribution in [0.2, 0.25) is 0 Å². The van der Waals surface area contributed by atoms with Crippen molar-refractivity contribution in [2.45, 2.75) is 63.5 Å². The van der Waals surface area contributed by atoms with Crippen molar-refractivity contribution < 1.29 is 19.5 Å². The summed E-state index contributed by atoms with van der Waals surface area (Å²) >= 11 is 0. The molecular weight excluding hydrogens is 372 g/mol. The summed E-state index contributed by atoms with van der Waals surface area (Å²) in [6, 6.07) is 0.00446. The standard InChI is InChI=1S/C18H32N4O4.ClH/c1-21(13-17(24)25)15-8-5-10-22(11-9-15)12-16(23)20-18(26)19-14-6-3-2-4-7-14;/h14-15H,2-13H2,1H3,(H,24,25)(H2,19,20,23,26);1H. The van der Waals surface area contributed by atoms with Gasteiger partial charge in [0, 0.05) is 18.6 Å². The third-order valence-corrected chi connectivity index (χ3v) is 5.36. The Balaban J connectivity index is 0.00000364. The number of nitrogens with zero attached hydrogens (tertiary/aromatic N) is 2. The number of likely N-dealkylation sites (N-methyl/N-ethyl adjacent to an activating group) is 1. The highest BCUT2D eigenvalue weighted by molar-refractivity contribution is 5.95. The highest BCUT2D eigenvalue weighted by atomic mass is 35.5. The summed E-state index contributed by atoms with van der Waals surface area (Å²) < 4.78 is 0. The van der Waals surface area contributed by atoms with Crippen molar-refractivity contribution in [3.8, 4) is 0 Å². The molecular formula is C18H33ClN4O4. The number of urea groups is 1. The van der Waals surface area contributed by atoms with Crippen molar-refractivity contribution in [3.05, 3.63) is 0 Å². The molecule has 0 aromatic heterocycles. The lowest BCUT2D eigenvalue weighted by Crippen LogP contribution is -2.48. The fourth-order valence-corrected chi connectivity index (χ4v) is 3.92. The predicted molar refractivity (Wildman–Crippen MR) is 105 cm³/mol. The van der Waals surface area contributed by atoms with E-state index in [1.165, 1.54) is 6.42 Å². The normalized spacial score (nSPS) is 21.8. The number of carbonyl (C=O) groups excluding carboxylic acids is 2. The second kappa shape index (κ2) is 12.2. The zero-order valence-electron chi connectivity index (χ0n) is 16.1. The molecule has 1 heterocycles. The Hall–Kier alpha value is -1.38. The maximum Gasteiger partial charge on any atom is 0.321 e. The van der Waals surface area contributed by atoms with Gasteiger partial charge in [0.25, 0.3) is 0 Å². The molecule has 0 aromatic rings. The molecule has 1 unspecified atom stereocenters. The van der Waals surface area contributed by atoms with E-state index in [-0.39, 0.29) is 43.5 Å². The fraction of sp³-hybridized carbons (Fsp3) is 0.833. The Labute approximate surface area is 167 Å². The first-order valence-electron chi connectivity index (χ1n) is 9.69. The quantitative estimate of drug-likeness (QED) is 0.619. The van der Waals surface area contributed by atoms with E-state index in [0.717, 1.165) is 58.0 Å². The van der Waals surface area contributed by atoms with Crippen LogP contribution in [0.3, 0.4) is 0 Å². The number of rotatable bonds is 6. The molecule has 2 fully saturated rings. The Bertz CT molecular complexity index is 500. The number of hydrogen-bond acceptors (Lipinski definition) is 5. The summed E-state index contributed by atoms with van der Waals surface area (Å²) in [5.41, 5.74) is 0. The number of carboxylic acid groups (broad SMARTS) is 1. The van der Waals surface area contributed by atoms with Crippen molar-refractivity contribution in [2.24, 2.45) is 0 Å². The lowest BCUT2D eigenvalue weighted by atomic mass is 9.96. The smallest absolute Gasteiger partial charge is 0.321 e. The lowest BCUT2D eigenvalue weighted by Gasteiger charge is -2.25. The number of aliphatic carboxylic acids is 1. The van der Waals surface area contributed by atoms with Crippen molar-refractivity contribution in [1.82, 2.24) is 20.4 Å². The topological polar surface area (TPSA) is 102 Å². The third kappa shape index (κ3) is 8.90. The van der Waals surface area contributed by atoms with Gasteiger partial charge in [0.2, 0.25) is 5.91 Å². The van der Waals surface area contributed by atoms with Crippen LogP contribution in [0.4, 0.5) is 4.79 Å². The Kier molecular flexibility index (Phi) is 10.6. The van der Waals surface area contributed by atoms with E-state index in [1.807, 2.05) is 16.8 Å². The van der Waals surface area contributed by atoms with Crippen molar-refractivity contribution >= 4 is 30.3 Å². The van der Waals surface area contributed by atoms with Gasteiger partial charge in [-0.3, -0.25) is 24.7 Å². The van der Waals surface area contributed by atoms with Crippen LogP contribution in [0, 0.1) is 0 Å². The molecule has 0 bridgehead atoms. The van der Waals surface area contributed by atoms with E-state index in [0.29, 0.717) is 0 Å². The second-order valence-electron chi connectivity index (χ2n) is 7.53. The highest BCUT2D eigenvalue weighted by Crippen LogP contribution is 2.17. The van der Waals surface area contributed by atoms with Crippen LogP contribution in [-0.4, -0.2) is 78.1 Å². The number of nitrogens with one attached hydrogen (secondary N) is 2. The number of carbonyl (C=O) groups is 3. The highest BCUT2D eigenvalue weighted by Gasteiger charge is 2.23. The number of amides is 3. The first kappa shape index (κ1) is 23.7. The van der Waals surface area contributed by atoms with Crippen LogP contribution in [0.5, 0.6) is 0 Å². The molecule has 0 radical (unpaired) electrons. The van der Waals surface area contributed by atoms with Crippen LogP contribution in [0.1, 0.15) is 51.4 Å². The predicted octanol–water partition coefficient (Wildman–Crippen LogP) is 1.44. The second-order valence-corrected chi connectivity index (χ2v) is 7.53. The molecule has 0 spiro atoms. The number of hydrogen-bond donors (Lipinski definition) is 3. The summed E-state index contributed by atoms with van der Waals surface area (Å²) in [6.45, 7) is 1.75. The molecule has 1 saturated heterocycles. The largest absolute Gasteiger partial charge is 0.480 e.